The molecular weight excluding hydrogens is 233 g/mol. The summed E-state index contributed by atoms with van der Waals surface area (Å²) in [6.45, 7) is 3.14. The highest BCUT2D eigenvalue weighted by Crippen LogP contribution is 2.27. The van der Waals surface area contributed by atoms with Crippen LogP contribution in [0.2, 0.25) is 0 Å². The van der Waals surface area contributed by atoms with E-state index in [0.29, 0.717) is 18.8 Å². The normalized spacial score (nSPS) is 31.8. The zero-order valence-electron chi connectivity index (χ0n) is 9.96. The van der Waals surface area contributed by atoms with Gasteiger partial charge in [0.2, 0.25) is 0 Å². The quantitative estimate of drug-likeness (QED) is 0.818. The lowest BCUT2D eigenvalue weighted by molar-refractivity contribution is -0.125. The van der Waals surface area contributed by atoms with Gasteiger partial charge in [0.1, 0.15) is 0 Å². The summed E-state index contributed by atoms with van der Waals surface area (Å²) in [5.74, 6) is 0. The van der Waals surface area contributed by atoms with Crippen molar-refractivity contribution in [3.05, 3.63) is 0 Å². The molecule has 2 aliphatic heterocycles. The zero-order valence-corrected chi connectivity index (χ0v) is 9.96. The Kier molecular flexibility index (Phi) is 3.95. The molecule has 0 amide bonds. The number of halogens is 3. The third-order valence-corrected chi connectivity index (χ3v) is 3.46. The Labute approximate surface area is 99.3 Å². The molecule has 2 rings (SSSR count). The molecule has 2 aliphatic rings. The minimum absolute atomic E-state index is 0.129. The number of nitrogens with one attached hydrogen (secondary N) is 1. The molecule has 6 heteroatoms. The highest BCUT2D eigenvalue weighted by molar-refractivity contribution is 4.87. The number of rotatable bonds is 4. The lowest BCUT2D eigenvalue weighted by Crippen LogP contribution is -2.50. The number of alkyl halides is 3. The maximum atomic E-state index is 12.0. The van der Waals surface area contributed by atoms with Gasteiger partial charge >= 0.3 is 6.18 Å². The van der Waals surface area contributed by atoms with Crippen LogP contribution in [0.3, 0.4) is 0 Å². The van der Waals surface area contributed by atoms with Gasteiger partial charge in [-0.25, -0.2) is 0 Å². The molecule has 0 aromatic rings. The minimum Gasteiger partial charge on any atom is -0.372 e. The van der Waals surface area contributed by atoms with Gasteiger partial charge in [0.25, 0.3) is 0 Å². The Morgan fingerprint density at radius 2 is 1.88 bits per heavy atom. The number of nitrogens with zero attached hydrogens (tertiary/aromatic N) is 1. The average Bonchev–Trinajstić information content (AvgIpc) is 2.55. The molecule has 2 heterocycles. The van der Waals surface area contributed by atoms with E-state index in [0.717, 1.165) is 25.9 Å². The largest absolute Gasteiger partial charge is 0.401 e. The smallest absolute Gasteiger partial charge is 0.372 e. The first-order valence-corrected chi connectivity index (χ1v) is 6.11. The lowest BCUT2D eigenvalue weighted by Gasteiger charge is -2.36. The van der Waals surface area contributed by atoms with E-state index in [4.69, 9.17) is 4.74 Å². The van der Waals surface area contributed by atoms with Gasteiger partial charge in [-0.05, 0) is 19.8 Å². The molecule has 2 saturated heterocycles. The van der Waals surface area contributed by atoms with Crippen molar-refractivity contribution in [3.63, 3.8) is 0 Å². The van der Waals surface area contributed by atoms with Gasteiger partial charge in [0.05, 0.1) is 18.8 Å². The second kappa shape index (κ2) is 5.12. The van der Waals surface area contributed by atoms with Crippen molar-refractivity contribution in [1.29, 1.82) is 0 Å². The first-order chi connectivity index (χ1) is 7.94. The third-order valence-electron chi connectivity index (χ3n) is 3.46. The first-order valence-electron chi connectivity index (χ1n) is 6.11. The highest BCUT2D eigenvalue weighted by atomic mass is 19.4. The fourth-order valence-electron chi connectivity index (χ4n) is 2.56. The van der Waals surface area contributed by atoms with Crippen molar-refractivity contribution < 1.29 is 17.9 Å². The van der Waals surface area contributed by atoms with E-state index >= 15 is 0 Å². The Bertz CT molecular complexity index is 248. The van der Waals surface area contributed by atoms with Gasteiger partial charge in [0.15, 0.2) is 0 Å². The van der Waals surface area contributed by atoms with Crippen molar-refractivity contribution in [2.75, 3.05) is 26.2 Å². The number of ether oxygens (including phenoxy) is 1. The summed E-state index contributed by atoms with van der Waals surface area (Å²) in [5.41, 5.74) is 0. The molecule has 0 radical (unpaired) electrons. The van der Waals surface area contributed by atoms with Crippen LogP contribution in [0.1, 0.15) is 19.8 Å². The molecule has 17 heavy (non-hydrogen) atoms. The zero-order chi connectivity index (χ0) is 12.5. The Morgan fingerprint density at radius 1 is 1.29 bits per heavy atom. The number of morpholine rings is 1. The van der Waals surface area contributed by atoms with E-state index in [1.54, 1.807) is 0 Å². The predicted molar refractivity (Wildman–Crippen MR) is 57.9 cm³/mol. The van der Waals surface area contributed by atoms with Gasteiger partial charge in [-0.3, -0.25) is 4.90 Å². The monoisotopic (exact) mass is 252 g/mol. The summed E-state index contributed by atoms with van der Waals surface area (Å²) < 4.78 is 41.7. The fourth-order valence-corrected chi connectivity index (χ4v) is 2.56. The molecule has 0 aromatic carbocycles. The van der Waals surface area contributed by atoms with Crippen LogP contribution >= 0.6 is 0 Å². The van der Waals surface area contributed by atoms with E-state index in [-0.39, 0.29) is 6.04 Å². The molecular formula is C11H19F3N2O. The molecule has 3 atom stereocenters. The van der Waals surface area contributed by atoms with Crippen LogP contribution in [0.15, 0.2) is 0 Å². The van der Waals surface area contributed by atoms with E-state index < -0.39 is 12.7 Å². The number of hydrogen-bond donors (Lipinski definition) is 1. The van der Waals surface area contributed by atoms with Crippen LogP contribution in [0.4, 0.5) is 13.2 Å². The SMILES string of the molecule is CC(CNCC(F)(F)F)N1CC2CCC(C1)O2. The fraction of sp³-hybridized carbons (Fsp3) is 1.00. The summed E-state index contributed by atoms with van der Waals surface area (Å²) in [5, 5.41) is 2.46. The van der Waals surface area contributed by atoms with Gasteiger partial charge in [-0.1, -0.05) is 0 Å². The summed E-state index contributed by atoms with van der Waals surface area (Å²) in [6, 6.07) is 0.129. The van der Waals surface area contributed by atoms with E-state index in [2.05, 4.69) is 10.2 Å². The minimum atomic E-state index is -4.12. The summed E-state index contributed by atoms with van der Waals surface area (Å²) in [7, 11) is 0. The molecule has 100 valence electrons. The Hall–Kier alpha value is -0.330. The van der Waals surface area contributed by atoms with Crippen LogP contribution in [0.5, 0.6) is 0 Å². The second-order valence-corrected chi connectivity index (χ2v) is 5.01. The highest BCUT2D eigenvalue weighted by Gasteiger charge is 2.35. The van der Waals surface area contributed by atoms with Gasteiger partial charge in [0, 0.05) is 25.7 Å². The molecule has 0 aromatic heterocycles. The molecule has 2 bridgehead atoms. The molecule has 0 saturated carbocycles. The molecule has 3 unspecified atom stereocenters. The van der Waals surface area contributed by atoms with Gasteiger partial charge < -0.3 is 10.1 Å². The van der Waals surface area contributed by atoms with Crippen LogP contribution in [-0.4, -0.2) is 55.5 Å². The molecule has 0 spiro atoms. The number of fused-ring (bicyclic) bond motifs is 2. The average molecular weight is 252 g/mol. The molecule has 0 aliphatic carbocycles. The van der Waals surface area contributed by atoms with Crippen LogP contribution in [0, 0.1) is 0 Å². The second-order valence-electron chi connectivity index (χ2n) is 5.01. The third kappa shape index (κ3) is 3.82. The maximum absolute atomic E-state index is 12.0. The van der Waals surface area contributed by atoms with E-state index in [9.17, 15) is 13.2 Å². The van der Waals surface area contributed by atoms with Gasteiger partial charge in [-0.15, -0.1) is 0 Å². The van der Waals surface area contributed by atoms with E-state index in [1.165, 1.54) is 0 Å². The van der Waals surface area contributed by atoms with Crippen molar-refractivity contribution in [2.24, 2.45) is 0 Å². The van der Waals surface area contributed by atoms with Gasteiger partial charge in [-0.2, -0.15) is 13.2 Å². The number of hydrogen-bond acceptors (Lipinski definition) is 3. The Balaban J connectivity index is 1.71. The van der Waals surface area contributed by atoms with E-state index in [1.807, 2.05) is 6.92 Å². The summed E-state index contributed by atoms with van der Waals surface area (Å²) in [6.07, 6.45) is -1.37. The number of likely N-dealkylation sites (tertiary alicyclic amines) is 1. The lowest BCUT2D eigenvalue weighted by atomic mass is 10.2. The predicted octanol–water partition coefficient (Wildman–Crippen LogP) is 1.39. The molecule has 2 fully saturated rings. The summed E-state index contributed by atoms with van der Waals surface area (Å²) in [4.78, 5) is 2.23. The topological polar surface area (TPSA) is 24.5 Å². The standard InChI is InChI=1S/C11H19F3N2O/c1-8(4-15-7-11(12,13)14)16-5-9-2-3-10(6-16)17-9/h8-10,15H,2-7H2,1H3. The van der Waals surface area contributed by atoms with Crippen molar-refractivity contribution in [3.8, 4) is 0 Å². The Morgan fingerprint density at radius 3 is 2.41 bits per heavy atom. The van der Waals surface area contributed by atoms with Crippen LogP contribution in [0.25, 0.3) is 0 Å². The maximum Gasteiger partial charge on any atom is 0.401 e. The van der Waals surface area contributed by atoms with Crippen LogP contribution in [-0.2, 0) is 4.74 Å². The molecule has 1 N–H and O–H groups in total. The van der Waals surface area contributed by atoms with Crippen molar-refractivity contribution in [1.82, 2.24) is 10.2 Å². The first kappa shape index (κ1) is 13.1. The van der Waals surface area contributed by atoms with Crippen LogP contribution < -0.4 is 5.32 Å². The van der Waals surface area contributed by atoms with Crippen molar-refractivity contribution >= 4 is 0 Å². The summed E-state index contributed by atoms with van der Waals surface area (Å²) >= 11 is 0. The molecule has 3 nitrogen and oxygen atoms in total. The van der Waals surface area contributed by atoms with Crippen molar-refractivity contribution in [2.45, 2.75) is 44.2 Å².